The first kappa shape index (κ1) is 39.1. The number of sulfonamides is 1. The van der Waals surface area contributed by atoms with Crippen molar-refractivity contribution in [2.75, 3.05) is 11.9 Å². The number of benzene rings is 4. The van der Waals surface area contributed by atoms with Crippen molar-refractivity contribution >= 4 is 33.4 Å². The number of nitrogens with two attached hydrogens (primary N) is 1. The molecule has 0 amide bonds. The van der Waals surface area contributed by atoms with Gasteiger partial charge in [-0.3, -0.25) is 9.36 Å². The summed E-state index contributed by atoms with van der Waals surface area (Å²) in [5.74, 6) is -1.69. The molecule has 6 rings (SSSR count). The molecule has 0 aliphatic carbocycles. The number of ketones is 1. The smallest absolute Gasteiger partial charge is 0.340 e. The van der Waals surface area contributed by atoms with Crippen LogP contribution in [0.2, 0.25) is 0 Å². The van der Waals surface area contributed by atoms with Gasteiger partial charge in [-0.1, -0.05) is 114 Å². The van der Waals surface area contributed by atoms with Crippen LogP contribution in [-0.4, -0.2) is 58.9 Å². The van der Waals surface area contributed by atoms with Gasteiger partial charge < -0.3 is 21.0 Å². The largest absolute Gasteiger partial charge is 0.479 e. The number of anilines is 1. The van der Waals surface area contributed by atoms with Gasteiger partial charge in [0.25, 0.3) is 0 Å². The highest BCUT2D eigenvalue weighted by Crippen LogP contribution is 2.42. The van der Waals surface area contributed by atoms with Crippen LogP contribution in [0.4, 0.5) is 5.95 Å². The highest BCUT2D eigenvalue weighted by molar-refractivity contribution is 7.89. The Morgan fingerprint density at radius 2 is 1.44 bits per heavy atom. The highest BCUT2D eigenvalue weighted by Gasteiger charge is 2.43. The van der Waals surface area contributed by atoms with E-state index in [4.69, 9.17) is 15.6 Å². The third-order valence-electron chi connectivity index (χ3n) is 9.88. The van der Waals surface area contributed by atoms with Crippen molar-refractivity contribution in [3.05, 3.63) is 149 Å². The van der Waals surface area contributed by atoms with E-state index in [0.717, 1.165) is 35.1 Å². The first-order valence-electron chi connectivity index (χ1n) is 18.2. The molecule has 4 aromatic carbocycles. The summed E-state index contributed by atoms with van der Waals surface area (Å²) < 4.78 is 30.9. The van der Waals surface area contributed by atoms with Gasteiger partial charge in [0, 0.05) is 25.4 Å². The molecule has 0 spiro atoms. The molecular formula is C42H46N6O6S. The van der Waals surface area contributed by atoms with Crippen molar-refractivity contribution in [2.24, 2.45) is 10.9 Å². The van der Waals surface area contributed by atoms with Gasteiger partial charge in [0.1, 0.15) is 17.4 Å². The van der Waals surface area contributed by atoms with E-state index in [2.05, 4.69) is 56.2 Å². The number of nitrogens with one attached hydrogen (secondary N) is 2. The molecule has 0 saturated carbocycles. The zero-order chi connectivity index (χ0) is 39.2. The quantitative estimate of drug-likeness (QED) is 0.0499. The standard InChI is InChI=1S/C42H46N6O6S/c1-29-25-30(2)38(31(3)26-29)55(52,53)47-41(43,39(50)51)28-37(49)36-27-35(54-46-36)21-13-14-22-44-40-45-23-24-48(40)42(32-15-7-4-8-16-32,33-17-9-5-10-18-33)34-19-11-6-12-20-34/h4-12,15-20,23-26,35,47H,13-14,21-22,27-28,43H2,1-3H3,(H,44,45)(H,50,51)/t35?,41-/m0/s1. The third-order valence-corrected chi connectivity index (χ3v) is 11.7. The number of rotatable bonds is 17. The molecule has 12 nitrogen and oxygen atoms in total. The molecule has 286 valence electrons. The normalized spacial score (nSPS) is 15.5. The number of Topliss-reactive ketones (excluding diaryl/α,β-unsaturated/α-hetero) is 1. The maximum Gasteiger partial charge on any atom is 0.340 e. The molecule has 5 aromatic rings. The predicted octanol–water partition coefficient (Wildman–Crippen LogP) is 6.05. The molecule has 1 aliphatic rings. The summed E-state index contributed by atoms with van der Waals surface area (Å²) >= 11 is 0. The Bertz CT molecular complexity index is 2160. The maximum atomic E-state index is 13.3. The van der Waals surface area contributed by atoms with Gasteiger partial charge in [0.2, 0.25) is 16.0 Å². The third kappa shape index (κ3) is 8.24. The number of aliphatic carboxylic acids is 1. The summed E-state index contributed by atoms with van der Waals surface area (Å²) in [5.41, 5.74) is 7.74. The monoisotopic (exact) mass is 762 g/mol. The van der Waals surface area contributed by atoms with Crippen LogP contribution < -0.4 is 15.8 Å². The van der Waals surface area contributed by atoms with Gasteiger partial charge in [-0.25, -0.2) is 18.2 Å². The van der Waals surface area contributed by atoms with Crippen LogP contribution in [-0.2, 0) is 30.0 Å². The number of imidazole rings is 1. The van der Waals surface area contributed by atoms with Gasteiger partial charge in [-0.2, -0.15) is 4.72 Å². The number of nitrogens with zero attached hydrogens (tertiary/aromatic N) is 3. The second-order valence-electron chi connectivity index (χ2n) is 14.0. The number of hydrogen-bond donors (Lipinski definition) is 4. The number of aromatic nitrogens is 2. The van der Waals surface area contributed by atoms with Gasteiger partial charge >= 0.3 is 5.97 Å². The van der Waals surface area contributed by atoms with Crippen LogP contribution >= 0.6 is 0 Å². The molecule has 1 aromatic heterocycles. The zero-order valence-corrected chi connectivity index (χ0v) is 31.9. The molecule has 1 aliphatic heterocycles. The van der Waals surface area contributed by atoms with Crippen molar-refractivity contribution < 1.29 is 28.0 Å². The Kier molecular flexibility index (Phi) is 11.6. The number of hydrogen-bond acceptors (Lipinski definition) is 9. The Morgan fingerprint density at radius 3 is 1.96 bits per heavy atom. The summed E-state index contributed by atoms with van der Waals surface area (Å²) in [5, 5.41) is 17.4. The summed E-state index contributed by atoms with van der Waals surface area (Å²) in [7, 11) is -4.40. The van der Waals surface area contributed by atoms with Crippen molar-refractivity contribution in [3.63, 3.8) is 0 Å². The van der Waals surface area contributed by atoms with Crippen molar-refractivity contribution in [2.45, 2.75) is 75.1 Å². The van der Waals surface area contributed by atoms with E-state index in [9.17, 15) is 23.1 Å². The van der Waals surface area contributed by atoms with Crippen LogP contribution in [0.3, 0.4) is 0 Å². The van der Waals surface area contributed by atoms with E-state index in [1.165, 1.54) is 0 Å². The summed E-state index contributed by atoms with van der Waals surface area (Å²) in [4.78, 5) is 35.7. The first-order valence-corrected chi connectivity index (χ1v) is 19.7. The molecule has 2 heterocycles. The van der Waals surface area contributed by atoms with E-state index >= 15 is 0 Å². The number of unbranched alkanes of at least 4 members (excludes halogenated alkanes) is 1. The number of aryl methyl sites for hydroxylation is 3. The van der Waals surface area contributed by atoms with E-state index in [0.29, 0.717) is 30.0 Å². The zero-order valence-electron chi connectivity index (χ0n) is 31.1. The Hall–Kier alpha value is -5.63. The fourth-order valence-electron chi connectivity index (χ4n) is 7.50. The Morgan fingerprint density at radius 1 is 0.891 bits per heavy atom. The molecule has 0 bridgehead atoms. The molecule has 0 fully saturated rings. The topological polar surface area (TPSA) is 178 Å². The van der Waals surface area contributed by atoms with Crippen LogP contribution in [0.25, 0.3) is 0 Å². The number of carboxylic acid groups (broad SMARTS) is 1. The number of carbonyl (C=O) groups excluding carboxylic acids is 1. The molecule has 0 saturated heterocycles. The van der Waals surface area contributed by atoms with Crippen molar-refractivity contribution in [1.82, 2.24) is 14.3 Å². The average Bonchev–Trinajstić information content (AvgIpc) is 3.83. The lowest BCUT2D eigenvalue weighted by Gasteiger charge is -2.38. The van der Waals surface area contributed by atoms with Crippen LogP contribution in [0.15, 0.2) is 126 Å². The first-order chi connectivity index (χ1) is 26.3. The fourth-order valence-corrected chi connectivity index (χ4v) is 9.20. The molecular weight excluding hydrogens is 717 g/mol. The molecule has 13 heteroatoms. The van der Waals surface area contributed by atoms with E-state index in [1.807, 2.05) is 67.7 Å². The molecule has 55 heavy (non-hydrogen) atoms. The minimum absolute atomic E-state index is 0.0159. The van der Waals surface area contributed by atoms with Gasteiger partial charge in [-0.05, 0) is 67.9 Å². The Balaban J connectivity index is 1.07. The van der Waals surface area contributed by atoms with Crippen LogP contribution in [0, 0.1) is 20.8 Å². The second-order valence-corrected chi connectivity index (χ2v) is 15.7. The van der Waals surface area contributed by atoms with E-state index < -0.39 is 45.5 Å². The van der Waals surface area contributed by atoms with Gasteiger partial charge in [0.15, 0.2) is 11.4 Å². The highest BCUT2D eigenvalue weighted by atomic mass is 32.2. The second kappa shape index (κ2) is 16.4. The van der Waals surface area contributed by atoms with Crippen LogP contribution in [0.1, 0.15) is 65.5 Å². The average molecular weight is 763 g/mol. The minimum atomic E-state index is -4.40. The van der Waals surface area contributed by atoms with Crippen molar-refractivity contribution in [3.8, 4) is 0 Å². The summed E-state index contributed by atoms with van der Waals surface area (Å²) in [6.45, 7) is 5.66. The number of oxime groups is 1. The maximum absolute atomic E-state index is 13.3. The molecule has 5 N–H and O–H groups in total. The lowest BCUT2D eigenvalue weighted by molar-refractivity contribution is -0.145. The van der Waals surface area contributed by atoms with Crippen molar-refractivity contribution in [1.29, 1.82) is 0 Å². The number of carboxylic acids is 1. The SMILES string of the molecule is Cc1cc(C)c(S(=O)(=O)N[C@@](N)(CC(=O)C2=NOC(CCCCNc3nccn3C(c3ccccc3)(c3ccccc3)c3ccccc3)C2)C(=O)O)c(C)c1. The lowest BCUT2D eigenvalue weighted by atomic mass is 9.76. The fraction of sp³-hybridized carbons (Fsp3) is 0.286. The molecule has 2 atom stereocenters. The predicted molar refractivity (Wildman–Crippen MR) is 211 cm³/mol. The van der Waals surface area contributed by atoms with E-state index in [1.54, 1.807) is 32.2 Å². The summed E-state index contributed by atoms with van der Waals surface area (Å²) in [6, 6.07) is 34.4. The summed E-state index contributed by atoms with van der Waals surface area (Å²) in [6.07, 6.45) is 4.80. The molecule has 0 radical (unpaired) electrons. The molecule has 1 unspecified atom stereocenters. The minimum Gasteiger partial charge on any atom is -0.479 e. The Labute approximate surface area is 321 Å². The lowest BCUT2D eigenvalue weighted by Crippen LogP contribution is -2.62. The van der Waals surface area contributed by atoms with Gasteiger partial charge in [-0.15, -0.1) is 0 Å². The number of carbonyl (C=O) groups is 2. The van der Waals surface area contributed by atoms with Gasteiger partial charge in [0.05, 0.1) is 11.3 Å². The van der Waals surface area contributed by atoms with Crippen LogP contribution in [0.5, 0.6) is 0 Å². The van der Waals surface area contributed by atoms with E-state index in [-0.39, 0.29) is 17.0 Å².